The maximum absolute atomic E-state index is 14.0. The van der Waals surface area contributed by atoms with Crippen molar-refractivity contribution in [1.29, 1.82) is 0 Å². The Morgan fingerprint density at radius 3 is 2.36 bits per heavy atom. The second-order valence-corrected chi connectivity index (χ2v) is 7.05. The van der Waals surface area contributed by atoms with Crippen LogP contribution in [0.2, 0.25) is 0 Å². The SMILES string of the molecule is COC(=O)CC1(C(=O)OC)Nc2cc(F)c(F)cc2-c2nc(=O)c(-c3ccc(F)cc3)nn21. The van der Waals surface area contributed by atoms with Crippen LogP contribution in [0.1, 0.15) is 6.42 Å². The smallest absolute Gasteiger partial charge is 0.355 e. The molecule has 0 saturated carbocycles. The van der Waals surface area contributed by atoms with Crippen LogP contribution in [0.5, 0.6) is 0 Å². The van der Waals surface area contributed by atoms with Crippen LogP contribution in [0.15, 0.2) is 41.2 Å². The molecule has 0 fully saturated rings. The van der Waals surface area contributed by atoms with Gasteiger partial charge in [0, 0.05) is 17.2 Å². The van der Waals surface area contributed by atoms with Crippen LogP contribution in [-0.4, -0.2) is 40.9 Å². The monoisotopic (exact) mass is 460 g/mol. The summed E-state index contributed by atoms with van der Waals surface area (Å²) in [5, 5.41) is 6.88. The second-order valence-electron chi connectivity index (χ2n) is 7.05. The number of anilines is 1. The zero-order chi connectivity index (χ0) is 23.9. The van der Waals surface area contributed by atoms with Crippen molar-refractivity contribution in [3.63, 3.8) is 0 Å². The van der Waals surface area contributed by atoms with Gasteiger partial charge in [0.25, 0.3) is 5.56 Å². The third-order valence-electron chi connectivity index (χ3n) is 5.08. The second kappa shape index (κ2) is 8.04. The Morgan fingerprint density at radius 2 is 1.73 bits per heavy atom. The van der Waals surface area contributed by atoms with Gasteiger partial charge in [-0.15, -0.1) is 0 Å². The summed E-state index contributed by atoms with van der Waals surface area (Å²) in [6.45, 7) is 0. The Kier molecular flexibility index (Phi) is 5.36. The minimum absolute atomic E-state index is 0.0893. The van der Waals surface area contributed by atoms with Crippen molar-refractivity contribution < 1.29 is 32.2 Å². The molecule has 1 aliphatic rings. The largest absolute Gasteiger partial charge is 0.469 e. The van der Waals surface area contributed by atoms with E-state index in [-0.39, 0.29) is 28.3 Å². The third-order valence-corrected chi connectivity index (χ3v) is 5.08. The van der Waals surface area contributed by atoms with Crippen molar-refractivity contribution in [2.45, 2.75) is 12.1 Å². The first-order chi connectivity index (χ1) is 15.7. The van der Waals surface area contributed by atoms with E-state index in [2.05, 4.69) is 20.1 Å². The summed E-state index contributed by atoms with van der Waals surface area (Å²) < 4.78 is 51.8. The van der Waals surface area contributed by atoms with E-state index in [0.29, 0.717) is 0 Å². The molecule has 0 bridgehead atoms. The molecule has 0 aliphatic carbocycles. The van der Waals surface area contributed by atoms with Crippen molar-refractivity contribution in [1.82, 2.24) is 14.8 Å². The lowest BCUT2D eigenvalue weighted by atomic mass is 9.99. The maximum atomic E-state index is 14.0. The van der Waals surface area contributed by atoms with Crippen molar-refractivity contribution in [2.24, 2.45) is 0 Å². The van der Waals surface area contributed by atoms with Gasteiger partial charge in [-0.05, 0) is 30.3 Å². The molecule has 1 atom stereocenters. The maximum Gasteiger partial charge on any atom is 0.355 e. The molecule has 2 heterocycles. The molecule has 0 saturated heterocycles. The van der Waals surface area contributed by atoms with Crippen LogP contribution in [-0.2, 0) is 24.7 Å². The van der Waals surface area contributed by atoms with Crippen LogP contribution < -0.4 is 10.9 Å². The standard InChI is InChI=1S/C21H15F3N4O5/c1-32-16(29)9-21(20(31)33-2)26-15-8-14(24)13(23)7-12(15)18-25-19(30)17(27-28(18)21)10-3-5-11(22)6-4-10/h3-8,26H,9H2,1-2H3. The number of nitrogens with zero attached hydrogens (tertiary/aromatic N) is 3. The lowest BCUT2D eigenvalue weighted by Gasteiger charge is -2.38. The van der Waals surface area contributed by atoms with Gasteiger partial charge in [0.05, 0.1) is 19.9 Å². The van der Waals surface area contributed by atoms with Gasteiger partial charge in [-0.1, -0.05) is 0 Å². The molecule has 0 radical (unpaired) electrons. The van der Waals surface area contributed by atoms with Crippen LogP contribution >= 0.6 is 0 Å². The van der Waals surface area contributed by atoms with E-state index in [1.807, 2.05) is 0 Å². The zero-order valence-electron chi connectivity index (χ0n) is 17.2. The summed E-state index contributed by atoms with van der Waals surface area (Å²) in [6, 6.07) is 6.25. The van der Waals surface area contributed by atoms with Crippen molar-refractivity contribution in [3.05, 3.63) is 64.2 Å². The molecule has 1 N–H and O–H groups in total. The number of carbonyl (C=O) groups is 2. The number of carbonyl (C=O) groups excluding carboxylic acids is 2. The molecule has 3 aromatic rings. The summed E-state index contributed by atoms with van der Waals surface area (Å²) >= 11 is 0. The molecule has 1 aliphatic heterocycles. The molecule has 170 valence electrons. The van der Waals surface area contributed by atoms with Gasteiger partial charge in [0.15, 0.2) is 23.2 Å². The number of hydrogen-bond donors (Lipinski definition) is 1. The minimum Gasteiger partial charge on any atom is -0.469 e. The molecule has 9 nitrogen and oxygen atoms in total. The van der Waals surface area contributed by atoms with E-state index in [1.165, 1.54) is 12.1 Å². The van der Waals surface area contributed by atoms with Gasteiger partial charge < -0.3 is 14.8 Å². The molecular weight excluding hydrogens is 445 g/mol. The molecule has 0 amide bonds. The van der Waals surface area contributed by atoms with Gasteiger partial charge in [-0.2, -0.15) is 10.1 Å². The summed E-state index contributed by atoms with van der Waals surface area (Å²) in [5.41, 5.74) is -3.40. The van der Waals surface area contributed by atoms with E-state index in [0.717, 1.165) is 43.2 Å². The number of fused-ring (bicyclic) bond motifs is 3. The number of hydrogen-bond acceptors (Lipinski definition) is 8. The average Bonchev–Trinajstić information content (AvgIpc) is 2.80. The molecule has 4 rings (SSSR count). The molecule has 12 heteroatoms. The van der Waals surface area contributed by atoms with E-state index in [4.69, 9.17) is 4.74 Å². The summed E-state index contributed by atoms with van der Waals surface area (Å²) in [5.74, 6) is -5.30. The fourth-order valence-corrected chi connectivity index (χ4v) is 3.51. The summed E-state index contributed by atoms with van der Waals surface area (Å²) in [4.78, 5) is 41.9. The van der Waals surface area contributed by atoms with Gasteiger partial charge in [-0.25, -0.2) is 22.6 Å². The fraction of sp³-hybridized carbons (Fsp3) is 0.190. The highest BCUT2D eigenvalue weighted by atomic mass is 19.2. The molecular formula is C21H15F3N4O5. The third kappa shape index (κ3) is 3.58. The molecule has 0 spiro atoms. The zero-order valence-corrected chi connectivity index (χ0v) is 17.2. The highest BCUT2D eigenvalue weighted by Crippen LogP contribution is 2.40. The van der Waals surface area contributed by atoms with Crippen molar-refractivity contribution in [3.8, 4) is 22.6 Å². The van der Waals surface area contributed by atoms with E-state index in [1.54, 1.807) is 0 Å². The molecule has 1 unspecified atom stereocenters. The molecule has 33 heavy (non-hydrogen) atoms. The Morgan fingerprint density at radius 1 is 1.06 bits per heavy atom. The first-order valence-electron chi connectivity index (χ1n) is 9.41. The van der Waals surface area contributed by atoms with Gasteiger partial charge in [0.1, 0.15) is 12.2 Å². The van der Waals surface area contributed by atoms with Crippen LogP contribution in [0.3, 0.4) is 0 Å². The van der Waals surface area contributed by atoms with Crippen LogP contribution in [0.4, 0.5) is 18.9 Å². The Bertz CT molecular complexity index is 1340. The fourth-order valence-electron chi connectivity index (χ4n) is 3.51. The first-order valence-corrected chi connectivity index (χ1v) is 9.41. The molecule has 1 aromatic heterocycles. The van der Waals surface area contributed by atoms with Gasteiger partial charge in [-0.3, -0.25) is 9.59 Å². The van der Waals surface area contributed by atoms with Gasteiger partial charge >= 0.3 is 11.9 Å². The van der Waals surface area contributed by atoms with Gasteiger partial charge in [0.2, 0.25) is 5.66 Å². The average molecular weight is 460 g/mol. The number of rotatable bonds is 4. The topological polar surface area (TPSA) is 112 Å². The summed E-state index contributed by atoms with van der Waals surface area (Å²) in [6.07, 6.45) is -0.706. The normalized spacial score (nSPS) is 16.3. The number of benzene rings is 2. The minimum atomic E-state index is -2.16. The number of aromatic nitrogens is 3. The quantitative estimate of drug-likeness (QED) is 0.590. The first kappa shape index (κ1) is 22.0. The Labute approximate surface area is 183 Å². The Balaban J connectivity index is 2.07. The van der Waals surface area contributed by atoms with Crippen LogP contribution in [0.25, 0.3) is 22.6 Å². The number of methoxy groups -OCH3 is 2. The van der Waals surface area contributed by atoms with Crippen molar-refractivity contribution in [2.75, 3.05) is 19.5 Å². The lowest BCUT2D eigenvalue weighted by Crippen LogP contribution is -2.55. The van der Waals surface area contributed by atoms with Crippen molar-refractivity contribution >= 4 is 17.6 Å². The Hall–Kier alpha value is -4.22. The highest BCUT2D eigenvalue weighted by molar-refractivity contribution is 5.92. The number of ether oxygens (including phenoxy) is 2. The number of halogens is 3. The highest BCUT2D eigenvalue weighted by Gasteiger charge is 2.50. The van der Waals surface area contributed by atoms with Crippen LogP contribution in [0, 0.1) is 17.5 Å². The van der Waals surface area contributed by atoms with E-state index >= 15 is 0 Å². The lowest BCUT2D eigenvalue weighted by molar-refractivity contribution is -0.157. The predicted molar refractivity (Wildman–Crippen MR) is 107 cm³/mol. The van der Waals surface area contributed by atoms with E-state index in [9.17, 15) is 27.6 Å². The van der Waals surface area contributed by atoms with E-state index < -0.39 is 47.0 Å². The number of nitrogens with one attached hydrogen (secondary N) is 1. The number of esters is 2. The summed E-state index contributed by atoms with van der Waals surface area (Å²) in [7, 11) is 2.13. The predicted octanol–water partition coefficient (Wildman–Crippen LogP) is 2.20. The molecule has 2 aromatic carbocycles.